The second kappa shape index (κ2) is 7.01. The molecule has 0 spiro atoms. The summed E-state index contributed by atoms with van der Waals surface area (Å²) in [6.07, 6.45) is 7.94. The van der Waals surface area contributed by atoms with E-state index in [0.717, 1.165) is 31.5 Å². The van der Waals surface area contributed by atoms with Gasteiger partial charge in [0, 0.05) is 13.7 Å². The maximum Gasteiger partial charge on any atom is 0.124 e. The third kappa shape index (κ3) is 3.34. The van der Waals surface area contributed by atoms with E-state index in [0.29, 0.717) is 5.92 Å². The highest BCUT2D eigenvalue weighted by molar-refractivity contribution is 5.03. The highest BCUT2D eigenvalue weighted by atomic mass is 16.5. The van der Waals surface area contributed by atoms with Gasteiger partial charge in [0.15, 0.2) is 0 Å². The van der Waals surface area contributed by atoms with Crippen LogP contribution < -0.4 is 0 Å². The number of nitrogens with zero attached hydrogens (tertiary/aromatic N) is 3. The number of methoxy groups -OCH3 is 1. The summed E-state index contributed by atoms with van der Waals surface area (Å²) in [5.41, 5.74) is 0.777. The fraction of sp³-hybridized carbons (Fsp3) is 0.857. The molecule has 0 aliphatic heterocycles. The molecule has 2 atom stereocenters. The van der Waals surface area contributed by atoms with E-state index < -0.39 is 6.10 Å². The molecule has 0 saturated heterocycles. The lowest BCUT2D eigenvalue weighted by molar-refractivity contribution is -0.0592. The minimum absolute atomic E-state index is 0.144. The molecule has 2 rings (SSSR count). The zero-order chi connectivity index (χ0) is 13.7. The van der Waals surface area contributed by atoms with Crippen molar-refractivity contribution >= 4 is 0 Å². The second-order valence-electron chi connectivity index (χ2n) is 5.43. The molecule has 1 aliphatic rings. The van der Waals surface area contributed by atoms with Crippen molar-refractivity contribution in [3.05, 3.63) is 11.9 Å². The normalized spacial score (nSPS) is 20.4. The van der Waals surface area contributed by atoms with E-state index in [4.69, 9.17) is 4.74 Å². The summed E-state index contributed by atoms with van der Waals surface area (Å²) < 4.78 is 7.38. The van der Waals surface area contributed by atoms with Crippen LogP contribution in [0.4, 0.5) is 0 Å². The Kier molecular flexibility index (Phi) is 5.34. The van der Waals surface area contributed by atoms with Crippen LogP contribution in [0.2, 0.25) is 0 Å². The van der Waals surface area contributed by atoms with Crippen LogP contribution in [-0.2, 0) is 11.3 Å². The lowest BCUT2D eigenvalue weighted by Gasteiger charge is -2.32. The summed E-state index contributed by atoms with van der Waals surface area (Å²) in [5.74, 6) is 0.443. The second-order valence-corrected chi connectivity index (χ2v) is 5.43. The zero-order valence-electron chi connectivity index (χ0n) is 12.0. The van der Waals surface area contributed by atoms with Crippen LogP contribution in [0.1, 0.15) is 57.2 Å². The van der Waals surface area contributed by atoms with Crippen LogP contribution in [0.3, 0.4) is 0 Å². The van der Waals surface area contributed by atoms with Gasteiger partial charge in [0.25, 0.3) is 0 Å². The molecular formula is C14H25N3O2. The van der Waals surface area contributed by atoms with Gasteiger partial charge in [-0.15, -0.1) is 5.10 Å². The third-order valence-electron chi connectivity index (χ3n) is 4.08. The Morgan fingerprint density at radius 2 is 2.16 bits per heavy atom. The van der Waals surface area contributed by atoms with Crippen molar-refractivity contribution < 1.29 is 9.84 Å². The smallest absolute Gasteiger partial charge is 0.124 e. The van der Waals surface area contributed by atoms with Crippen molar-refractivity contribution in [2.24, 2.45) is 5.92 Å². The maximum atomic E-state index is 10.6. The van der Waals surface area contributed by atoms with Crippen LogP contribution in [0, 0.1) is 5.92 Å². The van der Waals surface area contributed by atoms with Crippen molar-refractivity contribution in [3.63, 3.8) is 0 Å². The van der Waals surface area contributed by atoms with E-state index in [-0.39, 0.29) is 6.10 Å². The molecule has 1 aromatic heterocycles. The van der Waals surface area contributed by atoms with E-state index in [1.54, 1.807) is 18.0 Å². The number of ether oxygens (including phenoxy) is 1. The quantitative estimate of drug-likeness (QED) is 0.859. The van der Waals surface area contributed by atoms with E-state index >= 15 is 0 Å². The molecule has 1 aromatic rings. The first-order valence-corrected chi connectivity index (χ1v) is 7.37. The number of hydrogen-bond acceptors (Lipinski definition) is 4. The summed E-state index contributed by atoms with van der Waals surface area (Å²) in [4.78, 5) is 0. The van der Waals surface area contributed by atoms with Crippen molar-refractivity contribution in [2.45, 2.75) is 64.2 Å². The predicted octanol–water partition coefficient (Wildman–Crippen LogP) is 2.32. The minimum Gasteiger partial charge on any atom is -0.384 e. The van der Waals surface area contributed by atoms with E-state index in [2.05, 4.69) is 17.2 Å². The number of rotatable bonds is 6. The number of aliphatic hydroxyl groups excluding tert-OH is 1. The van der Waals surface area contributed by atoms with Crippen molar-refractivity contribution in [2.75, 3.05) is 7.11 Å². The average Bonchev–Trinajstić information content (AvgIpc) is 2.89. The monoisotopic (exact) mass is 267 g/mol. The highest BCUT2D eigenvalue weighted by Gasteiger charge is 2.32. The Labute approximate surface area is 115 Å². The van der Waals surface area contributed by atoms with E-state index in [9.17, 15) is 5.11 Å². The Balaban J connectivity index is 2.10. The van der Waals surface area contributed by atoms with Crippen LogP contribution >= 0.6 is 0 Å². The molecule has 108 valence electrons. The average molecular weight is 267 g/mol. The largest absolute Gasteiger partial charge is 0.384 e. The molecule has 0 bridgehead atoms. The zero-order valence-corrected chi connectivity index (χ0v) is 12.0. The Hall–Kier alpha value is -0.940. The topological polar surface area (TPSA) is 60.2 Å². The molecule has 5 heteroatoms. The Morgan fingerprint density at radius 3 is 2.79 bits per heavy atom. The standard InChI is InChI=1S/C14H25N3O2/c1-3-9-17-12(10-15-16-17)13(18)14(19-2)11-7-5-4-6-8-11/h10-11,13-14,18H,3-9H2,1-2H3. The molecule has 1 N–H and O–H groups in total. The predicted molar refractivity (Wildman–Crippen MR) is 72.6 cm³/mol. The van der Waals surface area contributed by atoms with Gasteiger partial charge < -0.3 is 9.84 Å². The SMILES string of the molecule is CCCn1nncc1C(O)C(OC)C1CCCCC1. The van der Waals surface area contributed by atoms with Gasteiger partial charge in [-0.25, -0.2) is 4.68 Å². The Morgan fingerprint density at radius 1 is 1.42 bits per heavy atom. The number of hydrogen-bond donors (Lipinski definition) is 1. The molecular weight excluding hydrogens is 242 g/mol. The molecule has 0 aromatic carbocycles. The summed E-state index contributed by atoms with van der Waals surface area (Å²) >= 11 is 0. The fourth-order valence-corrected chi connectivity index (χ4v) is 3.09. The number of aromatic nitrogens is 3. The molecule has 1 aliphatic carbocycles. The van der Waals surface area contributed by atoms with Gasteiger partial charge in [-0.1, -0.05) is 31.4 Å². The lowest BCUT2D eigenvalue weighted by atomic mass is 9.82. The van der Waals surface area contributed by atoms with Gasteiger partial charge in [0.1, 0.15) is 6.10 Å². The van der Waals surface area contributed by atoms with Gasteiger partial charge >= 0.3 is 0 Å². The van der Waals surface area contributed by atoms with E-state index in [1.165, 1.54) is 19.3 Å². The summed E-state index contributed by atoms with van der Waals surface area (Å²) in [6, 6.07) is 0. The van der Waals surface area contributed by atoms with Gasteiger partial charge in [0.2, 0.25) is 0 Å². The molecule has 19 heavy (non-hydrogen) atoms. The van der Waals surface area contributed by atoms with Gasteiger partial charge in [-0.05, 0) is 25.2 Å². The molecule has 0 amide bonds. The summed E-state index contributed by atoms with van der Waals surface area (Å²) in [6.45, 7) is 2.88. The summed E-state index contributed by atoms with van der Waals surface area (Å²) in [5, 5.41) is 18.6. The summed E-state index contributed by atoms with van der Waals surface area (Å²) in [7, 11) is 1.69. The first-order chi connectivity index (χ1) is 9.27. The van der Waals surface area contributed by atoms with Crippen LogP contribution in [0.15, 0.2) is 6.20 Å². The molecule has 5 nitrogen and oxygen atoms in total. The number of aliphatic hydroxyl groups is 1. The van der Waals surface area contributed by atoms with Gasteiger partial charge in [-0.2, -0.15) is 0 Å². The number of aryl methyl sites for hydroxylation is 1. The van der Waals surface area contributed by atoms with E-state index in [1.807, 2.05) is 0 Å². The minimum atomic E-state index is -0.630. The molecule has 1 saturated carbocycles. The van der Waals surface area contributed by atoms with Crippen molar-refractivity contribution in [1.29, 1.82) is 0 Å². The highest BCUT2D eigenvalue weighted by Crippen LogP contribution is 2.33. The molecule has 1 fully saturated rings. The first-order valence-electron chi connectivity index (χ1n) is 7.37. The maximum absolute atomic E-state index is 10.6. The molecule has 0 radical (unpaired) electrons. The molecule has 1 heterocycles. The lowest BCUT2D eigenvalue weighted by Crippen LogP contribution is -2.32. The van der Waals surface area contributed by atoms with Gasteiger partial charge in [0.05, 0.1) is 18.0 Å². The fourth-order valence-electron chi connectivity index (χ4n) is 3.09. The van der Waals surface area contributed by atoms with Crippen molar-refractivity contribution in [1.82, 2.24) is 15.0 Å². The van der Waals surface area contributed by atoms with Crippen molar-refractivity contribution in [3.8, 4) is 0 Å². The third-order valence-corrected chi connectivity index (χ3v) is 4.08. The van der Waals surface area contributed by atoms with Crippen LogP contribution in [-0.4, -0.2) is 33.3 Å². The van der Waals surface area contributed by atoms with Crippen LogP contribution in [0.25, 0.3) is 0 Å². The Bertz CT molecular complexity index is 375. The van der Waals surface area contributed by atoms with Gasteiger partial charge in [-0.3, -0.25) is 0 Å². The first kappa shape index (κ1) is 14.5. The molecule has 2 unspecified atom stereocenters. The van der Waals surface area contributed by atoms with Crippen LogP contribution in [0.5, 0.6) is 0 Å².